The first-order valence-electron chi connectivity index (χ1n) is 4.62. The number of rotatable bonds is 3. The fourth-order valence-corrected chi connectivity index (χ4v) is 1.39. The van der Waals surface area contributed by atoms with Gasteiger partial charge in [-0.05, 0) is 19.4 Å². The minimum Gasteiger partial charge on any atom is -0.496 e. The smallest absolute Gasteiger partial charge is 0.335 e. The molecule has 0 aliphatic heterocycles. The molecule has 0 unspecified atom stereocenters. The molecule has 0 saturated carbocycles. The average molecular weight is 206 g/mol. The molecule has 80 valence electrons. The van der Waals surface area contributed by atoms with Crippen molar-refractivity contribution < 1.29 is 14.6 Å². The van der Waals surface area contributed by atoms with Gasteiger partial charge in [0.1, 0.15) is 5.76 Å². The minimum atomic E-state index is -0.963. The molecule has 1 aromatic rings. The molecule has 0 heterocycles. The van der Waals surface area contributed by atoms with E-state index in [9.17, 15) is 4.79 Å². The maximum Gasteiger partial charge on any atom is 0.335 e. The molecular formula is C12H14O3. The van der Waals surface area contributed by atoms with Crippen LogP contribution >= 0.6 is 0 Å². The minimum absolute atomic E-state index is 0.215. The lowest BCUT2D eigenvalue weighted by atomic mass is 10.0. The number of carboxylic acid groups (broad SMARTS) is 1. The fraction of sp³-hybridized carbons (Fsp3) is 0.250. The largest absolute Gasteiger partial charge is 0.496 e. The molecule has 1 rings (SSSR count). The lowest BCUT2D eigenvalue weighted by molar-refractivity contribution is -0.132. The number of methoxy groups -OCH3 is 1. The summed E-state index contributed by atoms with van der Waals surface area (Å²) in [5.41, 5.74) is 2.03. The highest BCUT2D eigenvalue weighted by Gasteiger charge is 2.13. The summed E-state index contributed by atoms with van der Waals surface area (Å²) >= 11 is 0. The van der Waals surface area contributed by atoms with Gasteiger partial charge in [-0.2, -0.15) is 0 Å². The van der Waals surface area contributed by atoms with E-state index in [1.54, 1.807) is 0 Å². The number of hydrogen-bond donors (Lipinski definition) is 1. The van der Waals surface area contributed by atoms with Crippen molar-refractivity contribution >= 4 is 11.7 Å². The third-order valence-corrected chi connectivity index (χ3v) is 2.26. The van der Waals surface area contributed by atoms with E-state index in [1.165, 1.54) is 14.0 Å². The Bertz CT molecular complexity index is 405. The van der Waals surface area contributed by atoms with Crippen LogP contribution in [0, 0.1) is 6.92 Å². The van der Waals surface area contributed by atoms with Crippen LogP contribution in [0.15, 0.2) is 29.8 Å². The zero-order chi connectivity index (χ0) is 11.4. The van der Waals surface area contributed by atoms with Gasteiger partial charge in [-0.15, -0.1) is 0 Å². The molecule has 0 aliphatic carbocycles. The molecule has 3 heteroatoms. The van der Waals surface area contributed by atoms with E-state index in [1.807, 2.05) is 31.2 Å². The summed E-state index contributed by atoms with van der Waals surface area (Å²) < 4.78 is 5.14. The lowest BCUT2D eigenvalue weighted by Gasteiger charge is -2.11. The Labute approximate surface area is 89.0 Å². The highest BCUT2D eigenvalue weighted by Crippen LogP contribution is 2.22. The van der Waals surface area contributed by atoms with Gasteiger partial charge in [0.15, 0.2) is 0 Å². The van der Waals surface area contributed by atoms with Gasteiger partial charge in [0, 0.05) is 5.56 Å². The van der Waals surface area contributed by atoms with E-state index in [2.05, 4.69) is 0 Å². The molecule has 3 nitrogen and oxygen atoms in total. The van der Waals surface area contributed by atoms with Crippen molar-refractivity contribution in [1.82, 2.24) is 0 Å². The molecule has 0 aromatic heterocycles. The van der Waals surface area contributed by atoms with E-state index in [4.69, 9.17) is 9.84 Å². The summed E-state index contributed by atoms with van der Waals surface area (Å²) in [5, 5.41) is 8.90. The van der Waals surface area contributed by atoms with E-state index in [0.29, 0.717) is 5.76 Å². The van der Waals surface area contributed by atoms with Crippen LogP contribution < -0.4 is 0 Å². The van der Waals surface area contributed by atoms with Gasteiger partial charge in [-0.3, -0.25) is 0 Å². The van der Waals surface area contributed by atoms with Crippen LogP contribution in [0.2, 0.25) is 0 Å². The number of carbonyl (C=O) groups is 1. The standard InChI is InChI=1S/C12H14O3/c1-8-6-4-5-7-10(8)11(15-3)9(2)12(13)14/h4-7H,1-3H3,(H,13,14). The predicted molar refractivity (Wildman–Crippen MR) is 58.4 cm³/mol. The zero-order valence-electron chi connectivity index (χ0n) is 9.07. The van der Waals surface area contributed by atoms with Crippen LogP contribution in [0.1, 0.15) is 18.1 Å². The summed E-state index contributed by atoms with van der Waals surface area (Å²) in [6.07, 6.45) is 0. The summed E-state index contributed by atoms with van der Waals surface area (Å²) in [5.74, 6) is -0.546. The number of benzene rings is 1. The fourth-order valence-electron chi connectivity index (χ4n) is 1.39. The number of ether oxygens (including phenoxy) is 1. The second kappa shape index (κ2) is 4.64. The maximum absolute atomic E-state index is 10.8. The van der Waals surface area contributed by atoms with E-state index in [-0.39, 0.29) is 5.57 Å². The van der Waals surface area contributed by atoms with Crippen LogP contribution in [0.4, 0.5) is 0 Å². The van der Waals surface area contributed by atoms with Gasteiger partial charge in [-0.25, -0.2) is 4.79 Å². The van der Waals surface area contributed by atoms with Gasteiger partial charge >= 0.3 is 5.97 Å². The highest BCUT2D eigenvalue weighted by atomic mass is 16.5. The summed E-state index contributed by atoms with van der Waals surface area (Å²) in [7, 11) is 1.48. The molecule has 0 spiro atoms. The van der Waals surface area contributed by atoms with Crippen molar-refractivity contribution in [3.63, 3.8) is 0 Å². The molecule has 0 aliphatic rings. The SMILES string of the molecule is COC(=C(C)C(=O)O)c1ccccc1C. The zero-order valence-corrected chi connectivity index (χ0v) is 9.07. The molecule has 0 fully saturated rings. The number of hydrogen-bond acceptors (Lipinski definition) is 2. The molecule has 0 atom stereocenters. The van der Waals surface area contributed by atoms with E-state index in [0.717, 1.165) is 11.1 Å². The second-order valence-electron chi connectivity index (χ2n) is 3.28. The van der Waals surface area contributed by atoms with Crippen LogP contribution in [0.5, 0.6) is 0 Å². The Morgan fingerprint density at radius 2 is 1.93 bits per heavy atom. The van der Waals surface area contributed by atoms with Crippen LogP contribution in [0.25, 0.3) is 5.76 Å². The quantitative estimate of drug-likeness (QED) is 0.610. The first-order chi connectivity index (χ1) is 7.07. The summed E-state index contributed by atoms with van der Waals surface area (Å²) in [6.45, 7) is 3.46. The molecule has 1 aromatic carbocycles. The molecule has 1 N–H and O–H groups in total. The Balaban J connectivity index is 3.31. The predicted octanol–water partition coefficient (Wildman–Crippen LogP) is 2.46. The van der Waals surface area contributed by atoms with Gasteiger partial charge < -0.3 is 9.84 Å². The number of aryl methyl sites for hydroxylation is 1. The van der Waals surface area contributed by atoms with Crippen molar-refractivity contribution in [2.45, 2.75) is 13.8 Å². The van der Waals surface area contributed by atoms with Crippen molar-refractivity contribution in [3.8, 4) is 0 Å². The summed E-state index contributed by atoms with van der Waals surface area (Å²) in [4.78, 5) is 10.8. The van der Waals surface area contributed by atoms with Crippen molar-refractivity contribution in [3.05, 3.63) is 41.0 Å². The molecule has 15 heavy (non-hydrogen) atoms. The molecule has 0 saturated heterocycles. The first kappa shape index (κ1) is 11.3. The molecular weight excluding hydrogens is 192 g/mol. The topological polar surface area (TPSA) is 46.5 Å². The summed E-state index contributed by atoms with van der Waals surface area (Å²) in [6, 6.07) is 7.53. The van der Waals surface area contributed by atoms with Crippen molar-refractivity contribution in [2.24, 2.45) is 0 Å². The van der Waals surface area contributed by atoms with Crippen molar-refractivity contribution in [1.29, 1.82) is 0 Å². The monoisotopic (exact) mass is 206 g/mol. The Kier molecular flexibility index (Phi) is 3.50. The normalized spacial score (nSPS) is 11.9. The maximum atomic E-state index is 10.8. The molecule has 0 radical (unpaired) electrons. The second-order valence-corrected chi connectivity index (χ2v) is 3.28. The molecule has 0 amide bonds. The number of carboxylic acids is 1. The van der Waals surface area contributed by atoms with E-state index >= 15 is 0 Å². The highest BCUT2D eigenvalue weighted by molar-refractivity contribution is 5.94. The van der Waals surface area contributed by atoms with Crippen LogP contribution in [0.3, 0.4) is 0 Å². The van der Waals surface area contributed by atoms with Crippen LogP contribution in [-0.2, 0) is 9.53 Å². The lowest BCUT2D eigenvalue weighted by Crippen LogP contribution is -2.03. The molecule has 0 bridgehead atoms. The Morgan fingerprint density at radius 1 is 1.33 bits per heavy atom. The van der Waals surface area contributed by atoms with Crippen molar-refractivity contribution in [2.75, 3.05) is 7.11 Å². The first-order valence-corrected chi connectivity index (χ1v) is 4.62. The average Bonchev–Trinajstić information content (AvgIpc) is 2.21. The van der Waals surface area contributed by atoms with Gasteiger partial charge in [0.05, 0.1) is 12.7 Å². The number of aliphatic carboxylic acids is 1. The third-order valence-electron chi connectivity index (χ3n) is 2.26. The Hall–Kier alpha value is -1.77. The van der Waals surface area contributed by atoms with Gasteiger partial charge in [0.25, 0.3) is 0 Å². The third kappa shape index (κ3) is 2.37. The van der Waals surface area contributed by atoms with E-state index < -0.39 is 5.97 Å². The van der Waals surface area contributed by atoms with Gasteiger partial charge in [-0.1, -0.05) is 24.3 Å². The van der Waals surface area contributed by atoms with Gasteiger partial charge in [0.2, 0.25) is 0 Å². The Morgan fingerprint density at radius 3 is 2.40 bits per heavy atom. The van der Waals surface area contributed by atoms with Crippen LogP contribution in [-0.4, -0.2) is 18.2 Å².